The maximum absolute atomic E-state index is 12.9. The Morgan fingerprint density at radius 1 is 1.07 bits per heavy atom. The molecular weight excluding hydrogens is 374 g/mol. The molecule has 2 atom stereocenters. The van der Waals surface area contributed by atoms with Gasteiger partial charge >= 0.3 is 0 Å². The van der Waals surface area contributed by atoms with Crippen LogP contribution in [0.4, 0.5) is 5.69 Å². The molecule has 1 saturated carbocycles. The summed E-state index contributed by atoms with van der Waals surface area (Å²) in [6.45, 7) is 5.89. The summed E-state index contributed by atoms with van der Waals surface area (Å²) in [6, 6.07) is 16.0. The Balaban J connectivity index is 1.65. The third kappa shape index (κ3) is 5.15. The highest BCUT2D eigenvalue weighted by atomic mass is 16.2. The molecule has 0 spiro atoms. The molecule has 1 fully saturated rings. The van der Waals surface area contributed by atoms with Crippen LogP contribution >= 0.6 is 0 Å². The van der Waals surface area contributed by atoms with Crippen molar-refractivity contribution in [3.8, 4) is 0 Å². The van der Waals surface area contributed by atoms with Crippen molar-refractivity contribution >= 4 is 23.2 Å². The lowest BCUT2D eigenvalue weighted by atomic mass is 10.1. The van der Waals surface area contributed by atoms with Gasteiger partial charge in [0.25, 0.3) is 5.91 Å². The van der Waals surface area contributed by atoms with Crippen LogP contribution in [0.3, 0.4) is 0 Å². The van der Waals surface area contributed by atoms with Gasteiger partial charge in [-0.2, -0.15) is 0 Å². The van der Waals surface area contributed by atoms with Crippen LogP contribution in [0.1, 0.15) is 61.0 Å². The molecule has 3 rings (SSSR count). The predicted molar refractivity (Wildman–Crippen MR) is 121 cm³/mol. The summed E-state index contributed by atoms with van der Waals surface area (Å²) in [5, 5.41) is 3.05. The Kier molecular flexibility index (Phi) is 7.03. The topological polar surface area (TPSA) is 61.8 Å². The zero-order valence-corrected chi connectivity index (χ0v) is 18.3. The molecule has 0 saturated heterocycles. The summed E-state index contributed by atoms with van der Waals surface area (Å²) in [6.07, 6.45) is 3.14. The van der Waals surface area contributed by atoms with Crippen LogP contribution in [0, 0.1) is 6.92 Å². The number of aryl methyl sites for hydroxylation is 1. The van der Waals surface area contributed by atoms with Crippen molar-refractivity contribution in [3.63, 3.8) is 0 Å². The zero-order valence-electron chi connectivity index (χ0n) is 18.3. The molecule has 2 aromatic rings. The molecule has 2 amide bonds. The van der Waals surface area contributed by atoms with Gasteiger partial charge in [0.2, 0.25) is 5.91 Å². The van der Waals surface area contributed by atoms with E-state index in [0.717, 1.165) is 41.8 Å². The van der Waals surface area contributed by atoms with Crippen molar-refractivity contribution in [2.45, 2.75) is 58.5 Å². The molecule has 2 aromatic carbocycles. The van der Waals surface area contributed by atoms with E-state index in [0.29, 0.717) is 12.0 Å². The van der Waals surface area contributed by atoms with Gasteiger partial charge in [-0.25, -0.2) is 0 Å². The average Bonchev–Trinajstić information content (AvgIpc) is 3.22. The Bertz CT molecular complexity index is 934. The summed E-state index contributed by atoms with van der Waals surface area (Å²) in [4.78, 5) is 31.1. The number of carbonyl (C=O) groups is 2. The van der Waals surface area contributed by atoms with E-state index in [2.05, 4.69) is 5.32 Å². The minimum absolute atomic E-state index is 0.0162. The van der Waals surface area contributed by atoms with Crippen molar-refractivity contribution < 1.29 is 9.59 Å². The predicted octanol–water partition coefficient (Wildman–Crippen LogP) is 4.66. The molecule has 5 nitrogen and oxygen atoms in total. The van der Waals surface area contributed by atoms with Gasteiger partial charge in [-0.15, -0.1) is 0 Å². The number of nitrogens with one attached hydrogen (secondary N) is 1. The Morgan fingerprint density at radius 3 is 2.40 bits per heavy atom. The van der Waals surface area contributed by atoms with Crippen LogP contribution in [-0.2, 0) is 4.79 Å². The summed E-state index contributed by atoms with van der Waals surface area (Å²) in [5.74, 6) is 0.0930. The molecule has 0 bridgehead atoms. The largest absolute Gasteiger partial charge is 0.353 e. The standard InChI is InChI=1S/C25H31N3O2/c1-5-24(29)27-21-14-15-22(16-21)28(4)25(30)20-12-10-19(11-13-20)18(3)26-23-9-7-6-8-17(23)2/h6-13,21-22H,5,14-16H2,1-4H3,(H,27,29)/t21?,22-/m1/s1. The first-order chi connectivity index (χ1) is 14.4. The molecule has 1 N–H and O–H groups in total. The van der Waals surface area contributed by atoms with E-state index in [-0.39, 0.29) is 23.9 Å². The number of benzene rings is 2. The maximum Gasteiger partial charge on any atom is 0.253 e. The maximum atomic E-state index is 12.9. The van der Waals surface area contributed by atoms with Gasteiger partial charge in [-0.3, -0.25) is 14.6 Å². The molecule has 30 heavy (non-hydrogen) atoms. The van der Waals surface area contributed by atoms with Crippen molar-refractivity contribution in [1.82, 2.24) is 10.2 Å². The van der Waals surface area contributed by atoms with Crippen LogP contribution in [0.25, 0.3) is 0 Å². The van der Waals surface area contributed by atoms with E-state index in [1.54, 1.807) is 0 Å². The molecule has 0 radical (unpaired) electrons. The smallest absolute Gasteiger partial charge is 0.253 e. The fraction of sp³-hybridized carbons (Fsp3) is 0.400. The first kappa shape index (κ1) is 21.8. The minimum atomic E-state index is 0.0162. The van der Waals surface area contributed by atoms with Crippen LogP contribution < -0.4 is 5.32 Å². The van der Waals surface area contributed by atoms with Crippen molar-refractivity contribution in [1.29, 1.82) is 0 Å². The second-order valence-electron chi connectivity index (χ2n) is 8.06. The van der Waals surface area contributed by atoms with Gasteiger partial charge in [0.05, 0.1) is 5.69 Å². The van der Waals surface area contributed by atoms with E-state index in [1.807, 2.05) is 81.2 Å². The van der Waals surface area contributed by atoms with Gasteiger partial charge in [-0.05, 0) is 62.4 Å². The van der Waals surface area contributed by atoms with Gasteiger partial charge in [0.1, 0.15) is 0 Å². The van der Waals surface area contributed by atoms with E-state index in [1.165, 1.54) is 0 Å². The second-order valence-corrected chi connectivity index (χ2v) is 8.06. The quantitative estimate of drug-likeness (QED) is 0.711. The van der Waals surface area contributed by atoms with E-state index >= 15 is 0 Å². The number of nitrogens with zero attached hydrogens (tertiary/aromatic N) is 2. The number of amides is 2. The van der Waals surface area contributed by atoms with Gasteiger partial charge in [-0.1, -0.05) is 37.3 Å². The number of para-hydroxylation sites is 1. The number of hydrogen-bond acceptors (Lipinski definition) is 3. The third-order valence-corrected chi connectivity index (χ3v) is 5.91. The zero-order chi connectivity index (χ0) is 21.7. The van der Waals surface area contributed by atoms with Crippen LogP contribution in [-0.4, -0.2) is 41.6 Å². The first-order valence-corrected chi connectivity index (χ1v) is 10.7. The monoisotopic (exact) mass is 405 g/mol. The fourth-order valence-electron chi connectivity index (χ4n) is 3.93. The van der Waals surface area contributed by atoms with Gasteiger partial charge < -0.3 is 10.2 Å². The van der Waals surface area contributed by atoms with E-state index < -0.39 is 0 Å². The number of hydrogen-bond donors (Lipinski definition) is 1. The summed E-state index contributed by atoms with van der Waals surface area (Å²) in [5.41, 5.74) is 4.68. The van der Waals surface area contributed by atoms with Crippen molar-refractivity contribution in [3.05, 3.63) is 65.2 Å². The number of aliphatic imine (C=N–C) groups is 1. The van der Waals surface area contributed by atoms with Crippen LogP contribution in [0.5, 0.6) is 0 Å². The van der Waals surface area contributed by atoms with Gasteiger partial charge in [0.15, 0.2) is 0 Å². The molecule has 1 aliphatic carbocycles. The Hall–Kier alpha value is -2.95. The summed E-state index contributed by atoms with van der Waals surface area (Å²) in [7, 11) is 1.86. The van der Waals surface area contributed by atoms with Crippen molar-refractivity contribution in [2.75, 3.05) is 7.05 Å². The molecule has 0 aromatic heterocycles. The molecule has 5 heteroatoms. The molecule has 158 valence electrons. The third-order valence-electron chi connectivity index (χ3n) is 5.91. The number of carbonyl (C=O) groups excluding carboxylic acids is 2. The summed E-state index contributed by atoms with van der Waals surface area (Å²) < 4.78 is 0. The molecule has 1 unspecified atom stereocenters. The molecule has 1 aliphatic rings. The second kappa shape index (κ2) is 9.70. The van der Waals surface area contributed by atoms with Crippen LogP contribution in [0.2, 0.25) is 0 Å². The van der Waals surface area contributed by atoms with E-state index in [9.17, 15) is 9.59 Å². The normalized spacial score (nSPS) is 18.9. The van der Waals surface area contributed by atoms with Gasteiger partial charge in [0, 0.05) is 36.8 Å². The highest BCUT2D eigenvalue weighted by Crippen LogP contribution is 2.25. The lowest BCUT2D eigenvalue weighted by Gasteiger charge is -2.25. The summed E-state index contributed by atoms with van der Waals surface area (Å²) >= 11 is 0. The SMILES string of the molecule is CCC(=O)NC1CC[C@@H](N(C)C(=O)c2ccc(C(C)=Nc3ccccc3C)cc2)C1. The molecular formula is C25H31N3O2. The first-order valence-electron chi connectivity index (χ1n) is 10.7. The highest BCUT2D eigenvalue weighted by molar-refractivity contribution is 6.01. The fourth-order valence-corrected chi connectivity index (χ4v) is 3.93. The Labute approximate surface area is 179 Å². The minimum Gasteiger partial charge on any atom is -0.353 e. The Morgan fingerprint density at radius 2 is 1.73 bits per heavy atom. The van der Waals surface area contributed by atoms with Crippen molar-refractivity contribution in [2.24, 2.45) is 4.99 Å². The highest BCUT2D eigenvalue weighted by Gasteiger charge is 2.30. The lowest BCUT2D eigenvalue weighted by Crippen LogP contribution is -2.38. The molecule has 0 heterocycles. The number of rotatable bonds is 6. The average molecular weight is 406 g/mol. The van der Waals surface area contributed by atoms with E-state index in [4.69, 9.17) is 4.99 Å². The molecule has 0 aliphatic heterocycles. The lowest BCUT2D eigenvalue weighted by molar-refractivity contribution is -0.121. The van der Waals surface area contributed by atoms with Crippen LogP contribution in [0.15, 0.2) is 53.5 Å².